The quantitative estimate of drug-likeness (QED) is 0.666. The standard InChI is InChI=1S/C22H26ClN3O4S/c1-14-10-15(2)20(16(3)11-14)31(29,30)26-9-5-8-19(26)13-24-21(27)22(28)25-18-7-4-6-17(23)12-18/h4,6-7,10-12,19H,5,8-9,13H2,1-3H3,(H,24,27)(H,25,28)/t19-/m1/s1. The number of hydrogen-bond acceptors (Lipinski definition) is 4. The molecule has 2 N–H and O–H groups in total. The average Bonchev–Trinajstić information content (AvgIpc) is 3.14. The summed E-state index contributed by atoms with van der Waals surface area (Å²) in [6.45, 7) is 5.95. The van der Waals surface area contributed by atoms with E-state index in [9.17, 15) is 18.0 Å². The highest BCUT2D eigenvalue weighted by molar-refractivity contribution is 7.89. The van der Waals surface area contributed by atoms with E-state index in [1.807, 2.05) is 19.1 Å². The number of halogens is 1. The first kappa shape index (κ1) is 23.2. The summed E-state index contributed by atoms with van der Waals surface area (Å²) in [4.78, 5) is 24.7. The Hall–Kier alpha value is -2.42. The van der Waals surface area contributed by atoms with E-state index < -0.39 is 27.9 Å². The number of amides is 2. The maximum Gasteiger partial charge on any atom is 0.313 e. The number of hydrogen-bond donors (Lipinski definition) is 2. The first-order valence-corrected chi connectivity index (χ1v) is 11.9. The Labute approximate surface area is 187 Å². The zero-order valence-electron chi connectivity index (χ0n) is 17.7. The van der Waals surface area contributed by atoms with Crippen molar-refractivity contribution in [2.24, 2.45) is 0 Å². The van der Waals surface area contributed by atoms with Crippen molar-refractivity contribution in [3.05, 3.63) is 58.1 Å². The second kappa shape index (κ2) is 9.38. The van der Waals surface area contributed by atoms with Gasteiger partial charge in [-0.1, -0.05) is 35.4 Å². The van der Waals surface area contributed by atoms with Crippen LogP contribution in [0.5, 0.6) is 0 Å². The van der Waals surface area contributed by atoms with Crippen molar-refractivity contribution in [1.29, 1.82) is 0 Å². The Morgan fingerprint density at radius 3 is 2.42 bits per heavy atom. The van der Waals surface area contributed by atoms with Crippen LogP contribution in [-0.2, 0) is 19.6 Å². The van der Waals surface area contributed by atoms with E-state index in [4.69, 9.17) is 11.6 Å². The lowest BCUT2D eigenvalue weighted by Crippen LogP contribution is -2.45. The second-order valence-corrected chi connectivity index (χ2v) is 10.1. The molecule has 2 amide bonds. The summed E-state index contributed by atoms with van der Waals surface area (Å²) >= 11 is 5.88. The molecule has 7 nitrogen and oxygen atoms in total. The summed E-state index contributed by atoms with van der Waals surface area (Å²) in [5, 5.41) is 5.48. The minimum atomic E-state index is -3.72. The van der Waals surface area contributed by atoms with Crippen molar-refractivity contribution in [2.45, 2.75) is 44.6 Å². The molecule has 0 unspecified atom stereocenters. The summed E-state index contributed by atoms with van der Waals surface area (Å²) in [5.41, 5.74) is 2.81. The Bertz CT molecular complexity index is 1090. The van der Waals surface area contributed by atoms with Crippen molar-refractivity contribution in [3.8, 4) is 0 Å². The van der Waals surface area contributed by atoms with Gasteiger partial charge >= 0.3 is 11.8 Å². The van der Waals surface area contributed by atoms with E-state index in [2.05, 4.69) is 10.6 Å². The Balaban J connectivity index is 1.68. The van der Waals surface area contributed by atoms with Gasteiger partial charge in [-0.05, 0) is 62.9 Å². The molecular formula is C22H26ClN3O4S. The molecule has 1 aliphatic heterocycles. The van der Waals surface area contributed by atoms with Gasteiger partial charge in [0, 0.05) is 29.8 Å². The third-order valence-corrected chi connectivity index (χ3v) is 7.77. The predicted octanol–water partition coefficient (Wildman–Crippen LogP) is 3.17. The Kier molecular flexibility index (Phi) is 7.03. The molecule has 1 heterocycles. The van der Waals surface area contributed by atoms with Crippen molar-refractivity contribution >= 4 is 39.1 Å². The topological polar surface area (TPSA) is 95.6 Å². The Morgan fingerprint density at radius 1 is 1.10 bits per heavy atom. The minimum Gasteiger partial charge on any atom is -0.346 e. The van der Waals surface area contributed by atoms with Crippen molar-refractivity contribution in [2.75, 3.05) is 18.4 Å². The smallest absolute Gasteiger partial charge is 0.313 e. The van der Waals surface area contributed by atoms with Gasteiger partial charge in [-0.2, -0.15) is 4.31 Å². The summed E-state index contributed by atoms with van der Waals surface area (Å²) in [6, 6.07) is 9.77. The molecule has 3 rings (SSSR count). The van der Waals surface area contributed by atoms with Crippen LogP contribution in [0.3, 0.4) is 0 Å². The molecule has 2 aromatic rings. The highest BCUT2D eigenvalue weighted by Gasteiger charge is 2.37. The van der Waals surface area contributed by atoms with Gasteiger partial charge in [0.2, 0.25) is 10.0 Å². The van der Waals surface area contributed by atoms with E-state index in [0.29, 0.717) is 46.1 Å². The van der Waals surface area contributed by atoms with Crippen LogP contribution in [-0.4, -0.2) is 43.7 Å². The number of rotatable bonds is 5. The van der Waals surface area contributed by atoms with Gasteiger partial charge < -0.3 is 10.6 Å². The maximum absolute atomic E-state index is 13.4. The lowest BCUT2D eigenvalue weighted by molar-refractivity contribution is -0.136. The van der Waals surface area contributed by atoms with Crippen LogP contribution in [0.2, 0.25) is 5.02 Å². The zero-order chi connectivity index (χ0) is 22.8. The molecule has 0 radical (unpaired) electrons. The van der Waals surface area contributed by atoms with Crippen LogP contribution in [0, 0.1) is 20.8 Å². The first-order chi connectivity index (χ1) is 14.6. The van der Waals surface area contributed by atoms with Crippen molar-refractivity contribution in [3.63, 3.8) is 0 Å². The molecule has 31 heavy (non-hydrogen) atoms. The molecular weight excluding hydrogens is 438 g/mol. The molecule has 0 bridgehead atoms. The first-order valence-electron chi connectivity index (χ1n) is 10.0. The number of carbonyl (C=O) groups is 2. The number of carbonyl (C=O) groups excluding carboxylic acids is 2. The fourth-order valence-corrected chi connectivity index (χ4v) is 6.36. The Morgan fingerprint density at radius 2 is 1.77 bits per heavy atom. The minimum absolute atomic E-state index is 0.0605. The van der Waals surface area contributed by atoms with Crippen molar-refractivity contribution in [1.82, 2.24) is 9.62 Å². The van der Waals surface area contributed by atoms with E-state index >= 15 is 0 Å². The van der Waals surface area contributed by atoms with Gasteiger partial charge in [0.1, 0.15) is 0 Å². The molecule has 1 aliphatic rings. The second-order valence-electron chi connectivity index (χ2n) is 7.81. The van der Waals surface area contributed by atoms with Crippen LogP contribution in [0.15, 0.2) is 41.3 Å². The summed E-state index contributed by atoms with van der Waals surface area (Å²) < 4.78 is 28.2. The normalized spacial score (nSPS) is 16.8. The van der Waals surface area contributed by atoms with Gasteiger partial charge in [0.05, 0.1) is 4.90 Å². The number of benzene rings is 2. The summed E-state index contributed by atoms with van der Waals surface area (Å²) in [6.07, 6.45) is 1.30. The van der Waals surface area contributed by atoms with Crippen molar-refractivity contribution < 1.29 is 18.0 Å². The fourth-order valence-electron chi connectivity index (χ4n) is 4.07. The number of nitrogens with zero attached hydrogens (tertiary/aromatic N) is 1. The number of anilines is 1. The molecule has 0 spiro atoms. The lowest BCUT2D eigenvalue weighted by Gasteiger charge is -2.26. The van der Waals surface area contributed by atoms with Gasteiger partial charge in [0.15, 0.2) is 0 Å². The van der Waals surface area contributed by atoms with E-state index in [1.54, 1.807) is 32.0 Å². The van der Waals surface area contributed by atoms with Crippen LogP contribution in [0.25, 0.3) is 0 Å². The third kappa shape index (κ3) is 5.26. The maximum atomic E-state index is 13.4. The monoisotopic (exact) mass is 463 g/mol. The molecule has 0 aromatic heterocycles. The highest BCUT2D eigenvalue weighted by atomic mass is 35.5. The summed E-state index contributed by atoms with van der Waals surface area (Å²) in [5.74, 6) is -1.66. The molecule has 1 saturated heterocycles. The molecule has 166 valence electrons. The van der Waals surface area contributed by atoms with Gasteiger partial charge in [-0.15, -0.1) is 0 Å². The predicted molar refractivity (Wildman–Crippen MR) is 121 cm³/mol. The molecule has 1 atom stereocenters. The number of nitrogens with one attached hydrogen (secondary N) is 2. The van der Waals surface area contributed by atoms with Gasteiger partial charge in [-0.25, -0.2) is 8.42 Å². The largest absolute Gasteiger partial charge is 0.346 e. The van der Waals surface area contributed by atoms with Gasteiger partial charge in [0.25, 0.3) is 0 Å². The van der Waals surface area contributed by atoms with Crippen LogP contribution >= 0.6 is 11.6 Å². The average molecular weight is 464 g/mol. The van der Waals surface area contributed by atoms with Crippen LogP contribution in [0.1, 0.15) is 29.5 Å². The molecule has 0 aliphatic carbocycles. The molecule has 1 fully saturated rings. The highest BCUT2D eigenvalue weighted by Crippen LogP contribution is 2.30. The summed E-state index contributed by atoms with van der Waals surface area (Å²) in [7, 11) is -3.72. The molecule has 0 saturated carbocycles. The lowest BCUT2D eigenvalue weighted by atomic mass is 10.1. The SMILES string of the molecule is Cc1cc(C)c(S(=O)(=O)N2CCC[C@@H]2CNC(=O)C(=O)Nc2cccc(Cl)c2)c(C)c1. The fraction of sp³-hybridized carbons (Fsp3) is 0.364. The van der Waals surface area contributed by atoms with Gasteiger partial charge in [-0.3, -0.25) is 9.59 Å². The van der Waals surface area contributed by atoms with Crippen LogP contribution < -0.4 is 10.6 Å². The molecule has 2 aromatic carbocycles. The number of aryl methyl sites for hydroxylation is 3. The van der Waals surface area contributed by atoms with Crippen LogP contribution in [0.4, 0.5) is 5.69 Å². The molecule has 9 heteroatoms. The van der Waals surface area contributed by atoms with E-state index in [1.165, 1.54) is 10.4 Å². The van der Waals surface area contributed by atoms with E-state index in [-0.39, 0.29) is 6.54 Å². The third-order valence-electron chi connectivity index (χ3n) is 5.28. The number of sulfonamides is 1. The zero-order valence-corrected chi connectivity index (χ0v) is 19.3. The van der Waals surface area contributed by atoms with E-state index in [0.717, 1.165) is 5.56 Å².